The van der Waals surface area contributed by atoms with Crippen molar-refractivity contribution in [1.82, 2.24) is 10.2 Å². The molecular formula is C16H20N4O. The third-order valence-electron chi connectivity index (χ3n) is 5.31. The van der Waals surface area contributed by atoms with Crippen molar-refractivity contribution in [1.29, 1.82) is 0 Å². The molecule has 0 radical (unpaired) electrons. The number of para-hydroxylation sites is 1. The molecule has 1 atom stereocenters. The number of urea groups is 1. The lowest BCUT2D eigenvalue weighted by Crippen LogP contribution is -2.56. The predicted molar refractivity (Wildman–Crippen MR) is 82.0 cm³/mol. The van der Waals surface area contributed by atoms with Crippen LogP contribution in [0.3, 0.4) is 0 Å². The minimum atomic E-state index is -0.297. The molecule has 1 aromatic carbocycles. The van der Waals surface area contributed by atoms with Gasteiger partial charge in [0.25, 0.3) is 0 Å². The first-order chi connectivity index (χ1) is 10.2. The molecule has 2 amide bonds. The SMILES string of the molecule is NC(=O)N1CCC2(CC1)CNCC1=Nc3ccccc3C12. The van der Waals surface area contributed by atoms with E-state index in [1.807, 2.05) is 0 Å². The van der Waals surface area contributed by atoms with Crippen LogP contribution in [0.15, 0.2) is 29.3 Å². The highest BCUT2D eigenvalue weighted by atomic mass is 16.2. The first kappa shape index (κ1) is 12.8. The van der Waals surface area contributed by atoms with Crippen molar-refractivity contribution < 1.29 is 4.79 Å². The van der Waals surface area contributed by atoms with Crippen molar-refractivity contribution in [3.05, 3.63) is 29.8 Å². The Kier molecular flexibility index (Phi) is 2.79. The van der Waals surface area contributed by atoms with Gasteiger partial charge in [0.2, 0.25) is 0 Å². The molecule has 2 saturated heterocycles. The standard InChI is InChI=1S/C16H20N4O/c17-15(21)20-7-5-16(6-8-20)10-18-9-13-14(16)11-3-1-2-4-12(11)19-13/h1-4,14,18H,5-10H2,(H2,17,21). The topological polar surface area (TPSA) is 70.7 Å². The van der Waals surface area contributed by atoms with Gasteiger partial charge in [0.15, 0.2) is 0 Å². The van der Waals surface area contributed by atoms with Crippen LogP contribution in [-0.2, 0) is 0 Å². The Morgan fingerprint density at radius 1 is 1.33 bits per heavy atom. The van der Waals surface area contributed by atoms with Crippen molar-refractivity contribution in [2.75, 3.05) is 26.2 Å². The van der Waals surface area contributed by atoms with Crippen LogP contribution in [0.5, 0.6) is 0 Å². The summed E-state index contributed by atoms with van der Waals surface area (Å²) in [5.74, 6) is 0.407. The van der Waals surface area contributed by atoms with Gasteiger partial charge in [-0.1, -0.05) is 18.2 Å². The van der Waals surface area contributed by atoms with Crippen LogP contribution in [-0.4, -0.2) is 42.8 Å². The van der Waals surface area contributed by atoms with Crippen molar-refractivity contribution in [2.45, 2.75) is 18.8 Å². The predicted octanol–water partition coefficient (Wildman–Crippen LogP) is 1.62. The second-order valence-electron chi connectivity index (χ2n) is 6.39. The third-order valence-corrected chi connectivity index (χ3v) is 5.31. The zero-order valence-electron chi connectivity index (χ0n) is 12.0. The fourth-order valence-corrected chi connectivity index (χ4v) is 4.24. The lowest BCUT2D eigenvalue weighted by Gasteiger charge is -2.48. The summed E-state index contributed by atoms with van der Waals surface area (Å²) in [6.45, 7) is 3.38. The lowest BCUT2D eigenvalue weighted by molar-refractivity contribution is 0.106. The van der Waals surface area contributed by atoms with Gasteiger partial charge < -0.3 is 16.0 Å². The summed E-state index contributed by atoms with van der Waals surface area (Å²) >= 11 is 0. The number of fused-ring (bicyclic) bond motifs is 4. The zero-order chi connectivity index (χ0) is 14.4. The van der Waals surface area contributed by atoms with Crippen molar-refractivity contribution in [2.24, 2.45) is 16.1 Å². The highest BCUT2D eigenvalue weighted by Gasteiger charge is 2.49. The van der Waals surface area contributed by atoms with E-state index in [0.717, 1.165) is 44.7 Å². The van der Waals surface area contributed by atoms with E-state index in [1.165, 1.54) is 11.3 Å². The summed E-state index contributed by atoms with van der Waals surface area (Å²) in [6, 6.07) is 8.17. The largest absolute Gasteiger partial charge is 0.351 e. The molecule has 3 N–H and O–H groups in total. The van der Waals surface area contributed by atoms with Crippen LogP contribution in [0, 0.1) is 5.41 Å². The average Bonchev–Trinajstić information content (AvgIpc) is 2.88. The molecule has 0 aliphatic carbocycles. The summed E-state index contributed by atoms with van der Waals surface area (Å²) in [7, 11) is 0. The first-order valence-corrected chi connectivity index (χ1v) is 7.61. The number of aliphatic imine (C=N–C) groups is 1. The minimum Gasteiger partial charge on any atom is -0.351 e. The normalized spacial score (nSPS) is 26.2. The van der Waals surface area contributed by atoms with E-state index >= 15 is 0 Å². The molecule has 1 aromatic rings. The Hall–Kier alpha value is -1.88. The van der Waals surface area contributed by atoms with Crippen LogP contribution in [0.2, 0.25) is 0 Å². The lowest BCUT2D eigenvalue weighted by atomic mass is 9.63. The number of hydrogen-bond donors (Lipinski definition) is 2. The molecule has 0 saturated carbocycles. The summed E-state index contributed by atoms with van der Waals surface area (Å²) < 4.78 is 0. The molecule has 5 heteroatoms. The molecular weight excluding hydrogens is 264 g/mol. The van der Waals surface area contributed by atoms with Gasteiger partial charge in [-0.2, -0.15) is 0 Å². The highest BCUT2D eigenvalue weighted by molar-refractivity contribution is 6.00. The highest BCUT2D eigenvalue weighted by Crippen LogP contribution is 2.51. The molecule has 4 rings (SSSR count). The first-order valence-electron chi connectivity index (χ1n) is 7.61. The summed E-state index contributed by atoms with van der Waals surface area (Å²) in [5, 5.41) is 3.53. The summed E-state index contributed by atoms with van der Waals surface area (Å²) in [5.41, 5.74) is 9.34. The van der Waals surface area contributed by atoms with Gasteiger partial charge in [-0.25, -0.2) is 4.79 Å². The number of nitrogens with zero attached hydrogens (tertiary/aromatic N) is 2. The van der Waals surface area contributed by atoms with E-state index < -0.39 is 0 Å². The van der Waals surface area contributed by atoms with Gasteiger partial charge in [-0.05, 0) is 29.9 Å². The quantitative estimate of drug-likeness (QED) is 0.760. The van der Waals surface area contributed by atoms with Crippen molar-refractivity contribution >= 4 is 17.4 Å². The average molecular weight is 284 g/mol. The number of primary amides is 1. The summed E-state index contributed by atoms with van der Waals surface area (Å²) in [6.07, 6.45) is 1.97. The van der Waals surface area contributed by atoms with Gasteiger partial charge in [-0.15, -0.1) is 0 Å². The van der Waals surface area contributed by atoms with Crippen LogP contribution >= 0.6 is 0 Å². The Bertz CT molecular complexity index is 616. The Balaban J connectivity index is 1.68. The van der Waals surface area contributed by atoms with Gasteiger partial charge in [0.05, 0.1) is 5.69 Å². The number of carbonyl (C=O) groups is 1. The van der Waals surface area contributed by atoms with E-state index in [-0.39, 0.29) is 11.4 Å². The van der Waals surface area contributed by atoms with Crippen molar-refractivity contribution in [3.8, 4) is 0 Å². The maximum Gasteiger partial charge on any atom is 0.314 e. The molecule has 3 aliphatic rings. The monoisotopic (exact) mass is 284 g/mol. The Morgan fingerprint density at radius 3 is 2.86 bits per heavy atom. The number of nitrogens with one attached hydrogen (secondary N) is 1. The minimum absolute atomic E-state index is 0.176. The third kappa shape index (κ3) is 1.87. The van der Waals surface area contributed by atoms with Crippen LogP contribution in [0.4, 0.5) is 10.5 Å². The number of nitrogens with two attached hydrogens (primary N) is 1. The molecule has 1 spiro atoms. The fraction of sp³-hybridized carbons (Fsp3) is 0.500. The number of carbonyl (C=O) groups excluding carboxylic acids is 1. The molecule has 110 valence electrons. The van der Waals surface area contributed by atoms with E-state index in [0.29, 0.717) is 5.92 Å². The second-order valence-corrected chi connectivity index (χ2v) is 6.39. The molecule has 3 heterocycles. The number of amides is 2. The van der Waals surface area contributed by atoms with Crippen LogP contribution < -0.4 is 11.1 Å². The zero-order valence-corrected chi connectivity index (χ0v) is 12.0. The molecule has 0 bridgehead atoms. The number of benzene rings is 1. The van der Waals surface area contributed by atoms with Crippen molar-refractivity contribution in [3.63, 3.8) is 0 Å². The smallest absolute Gasteiger partial charge is 0.314 e. The number of piperidine rings is 2. The Morgan fingerprint density at radius 2 is 2.10 bits per heavy atom. The summed E-state index contributed by atoms with van der Waals surface area (Å²) in [4.78, 5) is 17.9. The van der Waals surface area contributed by atoms with Crippen LogP contribution in [0.25, 0.3) is 0 Å². The van der Waals surface area contributed by atoms with Crippen LogP contribution in [0.1, 0.15) is 24.3 Å². The second kappa shape index (κ2) is 4.56. The fourth-order valence-electron chi connectivity index (χ4n) is 4.24. The molecule has 21 heavy (non-hydrogen) atoms. The van der Waals surface area contributed by atoms with E-state index in [9.17, 15) is 4.79 Å². The van der Waals surface area contributed by atoms with E-state index in [1.54, 1.807) is 4.90 Å². The number of rotatable bonds is 0. The van der Waals surface area contributed by atoms with E-state index in [4.69, 9.17) is 10.7 Å². The molecule has 2 fully saturated rings. The molecule has 0 aromatic heterocycles. The van der Waals surface area contributed by atoms with Gasteiger partial charge in [0, 0.05) is 37.8 Å². The molecule has 5 nitrogen and oxygen atoms in total. The molecule has 3 aliphatic heterocycles. The maximum absolute atomic E-state index is 11.4. The Labute approximate surface area is 124 Å². The number of likely N-dealkylation sites (tertiary alicyclic amines) is 1. The van der Waals surface area contributed by atoms with Gasteiger partial charge in [0.1, 0.15) is 0 Å². The van der Waals surface area contributed by atoms with E-state index in [2.05, 4.69) is 29.6 Å². The molecule has 1 unspecified atom stereocenters. The maximum atomic E-state index is 11.4. The van der Waals surface area contributed by atoms with Gasteiger partial charge in [-0.3, -0.25) is 4.99 Å². The van der Waals surface area contributed by atoms with Gasteiger partial charge >= 0.3 is 6.03 Å². The number of hydrogen-bond acceptors (Lipinski definition) is 3.